The first kappa shape index (κ1) is 11.4. The van der Waals surface area contributed by atoms with Crippen LogP contribution in [0.2, 0.25) is 0 Å². The van der Waals surface area contributed by atoms with Crippen molar-refractivity contribution in [3.63, 3.8) is 0 Å². The fourth-order valence-electron chi connectivity index (χ4n) is 1.16. The quantitative estimate of drug-likeness (QED) is 0.723. The predicted molar refractivity (Wildman–Crippen MR) is 55.5 cm³/mol. The third-order valence-electron chi connectivity index (χ3n) is 1.77. The highest BCUT2D eigenvalue weighted by atomic mass is 31.2. The smallest absolute Gasteiger partial charge is 0.321 e. The zero-order chi connectivity index (χ0) is 10.8. The Morgan fingerprint density at radius 3 is 2.07 bits per heavy atom. The predicted octanol–water partition coefficient (Wildman–Crippen LogP) is 0.551. The zero-order valence-corrected chi connectivity index (χ0v) is 9.11. The Morgan fingerprint density at radius 1 is 1.21 bits per heavy atom. The molecule has 0 unspecified atom stereocenters. The first-order valence-electron chi connectivity index (χ1n) is 4.19. The van der Waals surface area contributed by atoms with Gasteiger partial charge in [0, 0.05) is 6.54 Å². The van der Waals surface area contributed by atoms with E-state index in [1.165, 1.54) is 12.1 Å². The molecule has 0 aliphatic heterocycles. The Hall–Kier alpha value is -0.670. The van der Waals surface area contributed by atoms with Gasteiger partial charge < -0.3 is 14.7 Å². The Kier molecular flexibility index (Phi) is 3.45. The lowest BCUT2D eigenvalue weighted by molar-refractivity contribution is 0.387. The van der Waals surface area contributed by atoms with E-state index >= 15 is 0 Å². The van der Waals surface area contributed by atoms with Gasteiger partial charge in [-0.15, -0.1) is 0 Å². The van der Waals surface area contributed by atoms with Gasteiger partial charge in [0.1, 0.15) is 0 Å². The molecule has 0 spiro atoms. The van der Waals surface area contributed by atoms with Crippen LogP contribution in [0.4, 0.5) is 0 Å². The highest BCUT2D eigenvalue weighted by Gasteiger charge is 2.15. The van der Waals surface area contributed by atoms with Crippen molar-refractivity contribution >= 4 is 12.9 Å². The minimum Gasteiger partial charge on any atom is -0.321 e. The van der Waals surface area contributed by atoms with Crippen LogP contribution in [0.3, 0.4) is 0 Å². The van der Waals surface area contributed by atoms with E-state index in [0.29, 0.717) is 0 Å². The molecule has 1 aromatic carbocycles. The molecule has 0 heterocycles. The molecule has 0 aromatic heterocycles. The summed E-state index contributed by atoms with van der Waals surface area (Å²) in [5.41, 5.74) is 1.03. The van der Waals surface area contributed by atoms with Crippen molar-refractivity contribution in [2.24, 2.45) is 0 Å². The van der Waals surface area contributed by atoms with Crippen molar-refractivity contribution in [3.8, 4) is 0 Å². The molecule has 0 aliphatic rings. The minimum absolute atomic E-state index is 0.0695. The van der Waals surface area contributed by atoms with Gasteiger partial charge in [0.25, 0.3) is 0 Å². The second-order valence-electron chi connectivity index (χ2n) is 3.45. The van der Waals surface area contributed by atoms with Crippen molar-refractivity contribution < 1.29 is 14.4 Å². The van der Waals surface area contributed by atoms with E-state index in [4.69, 9.17) is 9.79 Å². The van der Waals surface area contributed by atoms with E-state index < -0.39 is 7.60 Å². The van der Waals surface area contributed by atoms with E-state index in [2.05, 4.69) is 0 Å². The van der Waals surface area contributed by atoms with Crippen LogP contribution in [0.15, 0.2) is 24.3 Å². The number of rotatable bonds is 3. The average Bonchev–Trinajstić information content (AvgIpc) is 2.02. The summed E-state index contributed by atoms with van der Waals surface area (Å²) in [7, 11) is -0.203. The van der Waals surface area contributed by atoms with E-state index in [1.807, 2.05) is 19.0 Å². The van der Waals surface area contributed by atoms with Crippen LogP contribution in [0.1, 0.15) is 5.56 Å². The molecule has 0 radical (unpaired) electrons. The molecule has 1 aromatic rings. The minimum atomic E-state index is -4.09. The molecule has 0 saturated heterocycles. The van der Waals surface area contributed by atoms with E-state index in [9.17, 15) is 4.57 Å². The van der Waals surface area contributed by atoms with Crippen LogP contribution in [0, 0.1) is 0 Å². The Bertz CT molecular complexity index is 342. The number of nitrogens with zero attached hydrogens (tertiary/aromatic N) is 1. The van der Waals surface area contributed by atoms with Crippen molar-refractivity contribution in [3.05, 3.63) is 29.8 Å². The van der Waals surface area contributed by atoms with Gasteiger partial charge in [-0.2, -0.15) is 0 Å². The largest absolute Gasteiger partial charge is 0.356 e. The highest BCUT2D eigenvalue weighted by Crippen LogP contribution is 2.32. The lowest BCUT2D eigenvalue weighted by Gasteiger charge is -2.10. The van der Waals surface area contributed by atoms with Gasteiger partial charge in [-0.1, -0.05) is 12.1 Å². The SMILES string of the molecule is CN(C)Cc1ccc(P(=O)(O)O)cc1. The molecule has 0 atom stereocenters. The molecular formula is C9H14NO3P. The molecule has 4 nitrogen and oxygen atoms in total. The van der Waals surface area contributed by atoms with Gasteiger partial charge in [-0.05, 0) is 31.8 Å². The molecule has 2 N–H and O–H groups in total. The molecule has 0 bridgehead atoms. The van der Waals surface area contributed by atoms with E-state index in [1.54, 1.807) is 12.1 Å². The molecule has 0 aliphatic carbocycles. The summed E-state index contributed by atoms with van der Waals surface area (Å²) in [6.45, 7) is 0.765. The van der Waals surface area contributed by atoms with Crippen molar-refractivity contribution in [2.75, 3.05) is 14.1 Å². The standard InChI is InChI=1S/C9H14NO3P/c1-10(2)7-8-3-5-9(6-4-8)14(11,12)13/h3-6H,7H2,1-2H3,(H2,11,12,13). The molecule has 1 rings (SSSR count). The average molecular weight is 215 g/mol. The first-order chi connectivity index (χ1) is 6.39. The topological polar surface area (TPSA) is 60.8 Å². The fourth-order valence-corrected chi connectivity index (χ4v) is 1.70. The number of benzene rings is 1. The summed E-state index contributed by atoms with van der Waals surface area (Å²) in [6, 6.07) is 6.40. The molecule has 5 heteroatoms. The van der Waals surface area contributed by atoms with E-state index in [0.717, 1.165) is 12.1 Å². The lowest BCUT2D eigenvalue weighted by Crippen LogP contribution is -2.11. The monoisotopic (exact) mass is 215 g/mol. The Labute approximate surface area is 83.3 Å². The zero-order valence-electron chi connectivity index (χ0n) is 8.21. The third-order valence-corrected chi connectivity index (χ3v) is 2.74. The van der Waals surface area contributed by atoms with Gasteiger partial charge in [0.15, 0.2) is 0 Å². The summed E-state index contributed by atoms with van der Waals surface area (Å²) >= 11 is 0. The van der Waals surface area contributed by atoms with Crippen LogP contribution < -0.4 is 5.30 Å². The number of hydrogen-bond acceptors (Lipinski definition) is 2. The molecular weight excluding hydrogens is 201 g/mol. The van der Waals surface area contributed by atoms with E-state index in [-0.39, 0.29) is 5.30 Å². The number of hydrogen-bond donors (Lipinski definition) is 2. The molecule has 78 valence electrons. The third kappa shape index (κ3) is 3.24. The second-order valence-corrected chi connectivity index (χ2v) is 5.05. The van der Waals surface area contributed by atoms with Gasteiger partial charge in [-0.25, -0.2) is 0 Å². The summed E-state index contributed by atoms with van der Waals surface area (Å²) in [4.78, 5) is 19.7. The molecule has 0 saturated carbocycles. The maximum Gasteiger partial charge on any atom is 0.356 e. The van der Waals surface area contributed by atoms with Gasteiger partial charge in [0.2, 0.25) is 0 Å². The van der Waals surface area contributed by atoms with Gasteiger partial charge in [0.05, 0.1) is 5.30 Å². The normalized spacial score (nSPS) is 12.1. The maximum absolute atomic E-state index is 10.9. The van der Waals surface area contributed by atoms with Crippen LogP contribution in [-0.2, 0) is 11.1 Å². The lowest BCUT2D eigenvalue weighted by atomic mass is 10.2. The summed E-state index contributed by atoms with van der Waals surface area (Å²) in [5.74, 6) is 0. The molecule has 0 amide bonds. The Morgan fingerprint density at radius 2 is 1.71 bits per heavy atom. The highest BCUT2D eigenvalue weighted by molar-refractivity contribution is 7.60. The van der Waals surface area contributed by atoms with Crippen molar-refractivity contribution in [1.82, 2.24) is 4.90 Å². The van der Waals surface area contributed by atoms with Crippen LogP contribution >= 0.6 is 7.60 Å². The summed E-state index contributed by atoms with van der Waals surface area (Å²) in [5, 5.41) is 0.0695. The molecule has 0 fully saturated rings. The second kappa shape index (κ2) is 4.24. The van der Waals surface area contributed by atoms with Gasteiger partial charge >= 0.3 is 7.60 Å². The summed E-state index contributed by atoms with van der Waals surface area (Å²) in [6.07, 6.45) is 0. The van der Waals surface area contributed by atoms with Crippen LogP contribution in [0.5, 0.6) is 0 Å². The molecule has 14 heavy (non-hydrogen) atoms. The van der Waals surface area contributed by atoms with Crippen LogP contribution in [-0.4, -0.2) is 28.8 Å². The van der Waals surface area contributed by atoms with Crippen LogP contribution in [0.25, 0.3) is 0 Å². The fraction of sp³-hybridized carbons (Fsp3) is 0.333. The maximum atomic E-state index is 10.9. The van der Waals surface area contributed by atoms with Crippen molar-refractivity contribution in [1.29, 1.82) is 0 Å². The first-order valence-corrected chi connectivity index (χ1v) is 5.80. The summed E-state index contributed by atoms with van der Waals surface area (Å²) < 4.78 is 10.9. The van der Waals surface area contributed by atoms with Crippen molar-refractivity contribution in [2.45, 2.75) is 6.54 Å². The van der Waals surface area contributed by atoms with Gasteiger partial charge in [-0.3, -0.25) is 4.57 Å². The Balaban J connectivity index is 2.84.